The molecule has 9 heteroatoms. The summed E-state index contributed by atoms with van der Waals surface area (Å²) in [6.07, 6.45) is -4.99. The van der Waals surface area contributed by atoms with Crippen LogP contribution in [0.3, 0.4) is 0 Å². The summed E-state index contributed by atoms with van der Waals surface area (Å²) in [5, 5.41) is 10.1. The van der Waals surface area contributed by atoms with Crippen LogP contribution < -0.4 is 0 Å². The number of rotatable bonds is 11. The van der Waals surface area contributed by atoms with E-state index in [4.69, 9.17) is 18.9 Å². The standard InChI is InChI=1S/C33H25NO8/c34-21-27(40-31(36)24-15-7-2-8-16-24)29(42-33(38)26-19-11-4-12-20-26)28(41-32(37)25-17-9-3-10-18-25)22-39-30(35)23-13-5-1-6-14-23/h1-20,27-29H,22H2/t27-,28-,29-/m1/s1. The molecule has 0 aromatic heterocycles. The highest BCUT2D eigenvalue weighted by Crippen LogP contribution is 2.20. The van der Waals surface area contributed by atoms with Crippen LogP contribution in [0.5, 0.6) is 0 Å². The molecule has 0 aliphatic heterocycles. The van der Waals surface area contributed by atoms with Crippen molar-refractivity contribution in [3.63, 3.8) is 0 Å². The molecule has 4 aromatic carbocycles. The maximum atomic E-state index is 13.1. The zero-order valence-corrected chi connectivity index (χ0v) is 22.2. The van der Waals surface area contributed by atoms with Gasteiger partial charge in [0.2, 0.25) is 6.10 Å². The predicted octanol–water partition coefficient (Wildman–Crippen LogP) is 5.04. The third-order valence-electron chi connectivity index (χ3n) is 5.94. The number of carbonyl (C=O) groups excluding carboxylic acids is 4. The van der Waals surface area contributed by atoms with Gasteiger partial charge in [0, 0.05) is 0 Å². The number of ether oxygens (including phenoxy) is 4. The lowest BCUT2D eigenvalue weighted by atomic mass is 10.1. The molecule has 0 radical (unpaired) electrons. The van der Waals surface area contributed by atoms with Crippen LogP contribution in [0.25, 0.3) is 0 Å². The molecule has 9 nitrogen and oxygen atoms in total. The number of nitriles is 1. The summed E-state index contributed by atoms with van der Waals surface area (Å²) < 4.78 is 22.2. The van der Waals surface area contributed by atoms with Crippen molar-refractivity contribution in [1.29, 1.82) is 5.26 Å². The van der Waals surface area contributed by atoms with Crippen molar-refractivity contribution in [2.75, 3.05) is 6.61 Å². The van der Waals surface area contributed by atoms with Gasteiger partial charge in [-0.1, -0.05) is 72.8 Å². The molecule has 0 unspecified atom stereocenters. The van der Waals surface area contributed by atoms with Gasteiger partial charge in [0.25, 0.3) is 0 Å². The summed E-state index contributed by atoms with van der Waals surface area (Å²) in [6, 6.07) is 33.6. The molecule has 0 heterocycles. The van der Waals surface area contributed by atoms with Crippen molar-refractivity contribution in [3.05, 3.63) is 144 Å². The van der Waals surface area contributed by atoms with Crippen molar-refractivity contribution >= 4 is 23.9 Å². The van der Waals surface area contributed by atoms with Crippen LogP contribution in [0, 0.1) is 11.3 Å². The number of benzene rings is 4. The van der Waals surface area contributed by atoms with E-state index in [1.54, 1.807) is 72.8 Å². The van der Waals surface area contributed by atoms with Gasteiger partial charge in [-0.05, 0) is 48.5 Å². The Balaban J connectivity index is 1.67. The maximum absolute atomic E-state index is 13.1. The molecular weight excluding hydrogens is 538 g/mol. The summed E-state index contributed by atoms with van der Waals surface area (Å²) in [5.41, 5.74) is 0.637. The Morgan fingerprint density at radius 1 is 0.524 bits per heavy atom. The Morgan fingerprint density at radius 2 is 0.881 bits per heavy atom. The van der Waals surface area contributed by atoms with E-state index in [2.05, 4.69) is 0 Å². The zero-order valence-electron chi connectivity index (χ0n) is 22.2. The number of esters is 4. The molecule has 0 amide bonds. The Labute approximate surface area is 241 Å². The molecule has 0 aliphatic rings. The van der Waals surface area contributed by atoms with E-state index < -0.39 is 48.8 Å². The van der Waals surface area contributed by atoms with Gasteiger partial charge in [0.15, 0.2) is 12.2 Å². The number of carbonyl (C=O) groups is 4. The smallest absolute Gasteiger partial charge is 0.339 e. The van der Waals surface area contributed by atoms with E-state index in [9.17, 15) is 24.4 Å². The molecule has 0 saturated carbocycles. The summed E-state index contributed by atoms with van der Waals surface area (Å²) >= 11 is 0. The second-order valence-corrected chi connectivity index (χ2v) is 8.83. The molecule has 0 spiro atoms. The van der Waals surface area contributed by atoms with Crippen molar-refractivity contribution < 1.29 is 38.1 Å². The normalized spacial score (nSPS) is 12.5. The molecule has 0 N–H and O–H groups in total. The van der Waals surface area contributed by atoms with Crippen LogP contribution in [0.4, 0.5) is 0 Å². The fourth-order valence-corrected chi connectivity index (χ4v) is 3.81. The minimum Gasteiger partial charge on any atom is -0.458 e. The Kier molecular flexibility index (Phi) is 10.2. The minimum atomic E-state index is -1.76. The summed E-state index contributed by atoms with van der Waals surface area (Å²) in [4.78, 5) is 51.9. The van der Waals surface area contributed by atoms with E-state index in [0.29, 0.717) is 0 Å². The van der Waals surface area contributed by atoms with Gasteiger partial charge in [0.05, 0.1) is 22.3 Å². The van der Waals surface area contributed by atoms with Gasteiger partial charge >= 0.3 is 23.9 Å². The molecule has 0 saturated heterocycles. The monoisotopic (exact) mass is 563 g/mol. The number of hydrogen-bond acceptors (Lipinski definition) is 9. The molecule has 4 aromatic rings. The SMILES string of the molecule is N#C[C@@H](OC(=O)c1ccccc1)[C@@H](OC(=O)c1ccccc1)[C@@H](COC(=O)c1ccccc1)OC(=O)c1ccccc1. The van der Waals surface area contributed by atoms with Crippen molar-refractivity contribution in [2.45, 2.75) is 18.3 Å². The Morgan fingerprint density at radius 3 is 1.29 bits per heavy atom. The van der Waals surface area contributed by atoms with E-state index in [1.807, 2.05) is 6.07 Å². The Hall–Kier alpha value is -5.75. The van der Waals surface area contributed by atoms with Crippen LogP contribution >= 0.6 is 0 Å². The number of nitrogens with zero attached hydrogens (tertiary/aromatic N) is 1. The lowest BCUT2D eigenvalue weighted by molar-refractivity contribution is -0.0891. The van der Waals surface area contributed by atoms with Crippen LogP contribution in [-0.2, 0) is 18.9 Å². The van der Waals surface area contributed by atoms with Gasteiger partial charge in [-0.25, -0.2) is 19.2 Å². The van der Waals surface area contributed by atoms with E-state index in [0.717, 1.165) is 0 Å². The first-order valence-corrected chi connectivity index (χ1v) is 12.9. The average Bonchev–Trinajstić information content (AvgIpc) is 3.05. The van der Waals surface area contributed by atoms with Crippen molar-refractivity contribution in [3.8, 4) is 6.07 Å². The fraction of sp³-hybridized carbons (Fsp3) is 0.121. The van der Waals surface area contributed by atoms with E-state index in [-0.39, 0.29) is 22.3 Å². The third-order valence-corrected chi connectivity index (χ3v) is 5.94. The largest absolute Gasteiger partial charge is 0.458 e. The molecule has 0 bridgehead atoms. The summed E-state index contributed by atoms with van der Waals surface area (Å²) in [7, 11) is 0. The highest BCUT2D eigenvalue weighted by molar-refractivity contribution is 5.91. The quantitative estimate of drug-likeness (QED) is 0.182. The highest BCUT2D eigenvalue weighted by Gasteiger charge is 2.40. The number of hydrogen-bond donors (Lipinski definition) is 0. The minimum absolute atomic E-state index is 0.128. The van der Waals surface area contributed by atoms with Crippen LogP contribution in [0.1, 0.15) is 41.4 Å². The van der Waals surface area contributed by atoms with Gasteiger partial charge < -0.3 is 18.9 Å². The topological polar surface area (TPSA) is 129 Å². The van der Waals surface area contributed by atoms with Crippen molar-refractivity contribution in [1.82, 2.24) is 0 Å². The maximum Gasteiger partial charge on any atom is 0.339 e. The molecule has 4 rings (SSSR count). The van der Waals surface area contributed by atoms with Crippen LogP contribution in [-0.4, -0.2) is 48.8 Å². The average molecular weight is 564 g/mol. The first-order valence-electron chi connectivity index (χ1n) is 12.9. The lowest BCUT2D eigenvalue weighted by Gasteiger charge is -2.29. The molecule has 3 atom stereocenters. The fourth-order valence-electron chi connectivity index (χ4n) is 3.81. The molecule has 0 aliphatic carbocycles. The first-order chi connectivity index (χ1) is 20.5. The molecule has 0 fully saturated rings. The lowest BCUT2D eigenvalue weighted by Crippen LogP contribution is -2.47. The summed E-state index contributed by atoms with van der Waals surface area (Å²) in [6.45, 7) is -0.625. The van der Waals surface area contributed by atoms with E-state index in [1.165, 1.54) is 48.5 Å². The molecular formula is C33H25NO8. The van der Waals surface area contributed by atoms with Gasteiger partial charge in [-0.2, -0.15) is 5.26 Å². The van der Waals surface area contributed by atoms with Crippen LogP contribution in [0.2, 0.25) is 0 Å². The molecule has 42 heavy (non-hydrogen) atoms. The van der Waals surface area contributed by atoms with Crippen molar-refractivity contribution in [2.24, 2.45) is 0 Å². The first kappa shape index (κ1) is 29.2. The van der Waals surface area contributed by atoms with Gasteiger partial charge in [-0.3, -0.25) is 0 Å². The van der Waals surface area contributed by atoms with Gasteiger partial charge in [0.1, 0.15) is 12.7 Å². The molecule has 210 valence electrons. The predicted molar refractivity (Wildman–Crippen MR) is 149 cm³/mol. The third kappa shape index (κ3) is 7.90. The summed E-state index contributed by atoms with van der Waals surface area (Å²) in [5.74, 6) is -3.36. The zero-order chi connectivity index (χ0) is 29.7. The second-order valence-electron chi connectivity index (χ2n) is 8.83. The Bertz CT molecular complexity index is 1540. The van der Waals surface area contributed by atoms with E-state index >= 15 is 0 Å². The van der Waals surface area contributed by atoms with Crippen LogP contribution in [0.15, 0.2) is 121 Å². The van der Waals surface area contributed by atoms with Gasteiger partial charge in [-0.15, -0.1) is 0 Å². The second kappa shape index (κ2) is 14.6. The highest BCUT2D eigenvalue weighted by atomic mass is 16.6.